The van der Waals surface area contributed by atoms with E-state index in [0.717, 1.165) is 16.5 Å². The first-order valence-electron chi connectivity index (χ1n) is 8.69. The van der Waals surface area contributed by atoms with Gasteiger partial charge in [0, 0.05) is 24.1 Å². The zero-order chi connectivity index (χ0) is 19.7. The van der Waals surface area contributed by atoms with Crippen molar-refractivity contribution in [3.63, 3.8) is 0 Å². The molecule has 6 nitrogen and oxygen atoms in total. The second-order valence-electron chi connectivity index (χ2n) is 6.42. The zero-order valence-corrected chi connectivity index (χ0v) is 15.5. The predicted octanol–water partition coefficient (Wildman–Crippen LogP) is 3.55. The molecule has 4 aromatic rings. The van der Waals surface area contributed by atoms with Crippen LogP contribution in [0.15, 0.2) is 47.4 Å². The van der Waals surface area contributed by atoms with Gasteiger partial charge in [0.1, 0.15) is 12.5 Å². The molecule has 4 rings (SSSR count). The van der Waals surface area contributed by atoms with E-state index in [1.807, 2.05) is 6.07 Å². The molecule has 1 N–H and O–H groups in total. The third-order valence-corrected chi connectivity index (χ3v) is 4.59. The number of aromatic amines is 1. The minimum absolute atomic E-state index is 0.255. The molecule has 28 heavy (non-hydrogen) atoms. The molecular weight excluding hydrogens is 361 g/mol. The third kappa shape index (κ3) is 3.26. The Morgan fingerprint density at radius 3 is 2.50 bits per heavy atom. The molecule has 2 aromatic heterocycles. The van der Waals surface area contributed by atoms with Crippen LogP contribution in [0.4, 0.5) is 4.39 Å². The number of pyridine rings is 1. The molecule has 0 atom stereocenters. The average molecular weight is 379 g/mol. The maximum atomic E-state index is 12.9. The molecule has 0 aliphatic rings. The van der Waals surface area contributed by atoms with Crippen LogP contribution in [0.1, 0.15) is 17.0 Å². The summed E-state index contributed by atoms with van der Waals surface area (Å²) in [6, 6.07) is 10.5. The largest absolute Gasteiger partial charge is 0.493 e. The second-order valence-corrected chi connectivity index (χ2v) is 6.42. The highest BCUT2D eigenvalue weighted by atomic mass is 19.1. The minimum Gasteiger partial charge on any atom is -0.493 e. The number of nitrogens with zero attached hydrogens (tertiary/aromatic N) is 2. The van der Waals surface area contributed by atoms with Gasteiger partial charge in [-0.2, -0.15) is 0 Å². The second kappa shape index (κ2) is 7.26. The summed E-state index contributed by atoms with van der Waals surface area (Å²) < 4.78 is 23.5. The van der Waals surface area contributed by atoms with E-state index in [9.17, 15) is 9.18 Å². The van der Waals surface area contributed by atoms with E-state index in [4.69, 9.17) is 9.47 Å². The Bertz CT molecular complexity index is 1240. The van der Waals surface area contributed by atoms with Gasteiger partial charge in [0.15, 0.2) is 11.5 Å². The molecule has 0 fully saturated rings. The Balaban J connectivity index is 1.75. The first-order valence-corrected chi connectivity index (χ1v) is 8.69. The number of rotatable bonds is 5. The number of halogens is 1. The summed E-state index contributed by atoms with van der Waals surface area (Å²) in [5, 5.41) is 1.27. The van der Waals surface area contributed by atoms with Crippen molar-refractivity contribution in [3.8, 4) is 11.5 Å². The normalized spacial score (nSPS) is 11.1. The number of hydrogen-bond donors (Lipinski definition) is 1. The molecular formula is C21H18FN3O3. The van der Waals surface area contributed by atoms with E-state index in [2.05, 4.69) is 15.0 Å². The molecule has 0 saturated carbocycles. The highest BCUT2D eigenvalue weighted by molar-refractivity contribution is 5.82. The monoisotopic (exact) mass is 379 g/mol. The summed E-state index contributed by atoms with van der Waals surface area (Å²) in [4.78, 5) is 24.3. The van der Waals surface area contributed by atoms with E-state index in [1.54, 1.807) is 36.5 Å². The quantitative estimate of drug-likeness (QED) is 0.574. The number of ether oxygens (including phenoxy) is 2. The van der Waals surface area contributed by atoms with Crippen LogP contribution in [0, 0.1) is 0 Å². The number of H-pyrrole nitrogens is 1. The maximum Gasteiger partial charge on any atom is 0.258 e. The Morgan fingerprint density at radius 1 is 1.00 bits per heavy atom. The van der Waals surface area contributed by atoms with Crippen molar-refractivity contribution in [1.29, 1.82) is 0 Å². The van der Waals surface area contributed by atoms with E-state index in [0.29, 0.717) is 40.2 Å². The van der Waals surface area contributed by atoms with Gasteiger partial charge in [-0.25, -0.2) is 9.37 Å². The highest BCUT2D eigenvalue weighted by Gasteiger charge is 2.11. The van der Waals surface area contributed by atoms with Crippen molar-refractivity contribution < 1.29 is 13.9 Å². The number of methoxy groups -OCH3 is 2. The van der Waals surface area contributed by atoms with E-state index >= 15 is 0 Å². The smallest absolute Gasteiger partial charge is 0.258 e. The van der Waals surface area contributed by atoms with E-state index < -0.39 is 6.67 Å². The minimum atomic E-state index is -0.523. The molecule has 0 radical (unpaired) electrons. The van der Waals surface area contributed by atoms with Gasteiger partial charge in [-0.3, -0.25) is 9.78 Å². The average Bonchev–Trinajstić information content (AvgIpc) is 2.72. The molecule has 0 aliphatic carbocycles. The molecule has 0 saturated heterocycles. The first kappa shape index (κ1) is 17.9. The number of aromatic nitrogens is 3. The topological polar surface area (TPSA) is 77.1 Å². The summed E-state index contributed by atoms with van der Waals surface area (Å²) in [7, 11) is 3.05. The van der Waals surface area contributed by atoms with Crippen molar-refractivity contribution in [1.82, 2.24) is 15.0 Å². The van der Waals surface area contributed by atoms with Crippen molar-refractivity contribution in [2.24, 2.45) is 0 Å². The fourth-order valence-electron chi connectivity index (χ4n) is 3.20. The summed E-state index contributed by atoms with van der Waals surface area (Å²) in [5.74, 6) is 1.48. The van der Waals surface area contributed by atoms with Gasteiger partial charge in [0.05, 0.1) is 30.6 Å². The fraction of sp³-hybridized carbons (Fsp3) is 0.190. The number of hydrogen-bond acceptors (Lipinski definition) is 5. The van der Waals surface area contributed by atoms with Crippen molar-refractivity contribution >= 4 is 21.8 Å². The number of alkyl halides is 1. The van der Waals surface area contributed by atoms with Gasteiger partial charge in [0.2, 0.25) is 0 Å². The first-order chi connectivity index (χ1) is 13.6. The van der Waals surface area contributed by atoms with Gasteiger partial charge in [0.25, 0.3) is 5.56 Å². The van der Waals surface area contributed by atoms with E-state index in [1.165, 1.54) is 14.2 Å². The molecule has 142 valence electrons. The van der Waals surface area contributed by atoms with Crippen LogP contribution in [0.3, 0.4) is 0 Å². The van der Waals surface area contributed by atoms with Gasteiger partial charge < -0.3 is 14.5 Å². The lowest BCUT2D eigenvalue weighted by atomic mass is 10.1. The maximum absolute atomic E-state index is 12.9. The van der Waals surface area contributed by atoms with Crippen LogP contribution in [-0.4, -0.2) is 29.2 Å². The van der Waals surface area contributed by atoms with Crippen LogP contribution >= 0.6 is 0 Å². The Hall–Kier alpha value is -3.48. The van der Waals surface area contributed by atoms with Crippen LogP contribution < -0.4 is 15.0 Å². The van der Waals surface area contributed by atoms with Crippen LogP contribution in [0.5, 0.6) is 11.5 Å². The number of benzene rings is 2. The van der Waals surface area contributed by atoms with Gasteiger partial charge in [-0.05, 0) is 35.4 Å². The lowest BCUT2D eigenvalue weighted by Gasteiger charge is -2.09. The molecule has 2 heterocycles. The Kier molecular flexibility index (Phi) is 4.65. The number of fused-ring (bicyclic) bond motifs is 2. The molecule has 2 aromatic carbocycles. The van der Waals surface area contributed by atoms with Gasteiger partial charge >= 0.3 is 0 Å². The zero-order valence-electron chi connectivity index (χ0n) is 15.5. The molecule has 0 bridgehead atoms. The van der Waals surface area contributed by atoms with Crippen molar-refractivity contribution in [2.45, 2.75) is 13.1 Å². The molecule has 0 unspecified atom stereocenters. The van der Waals surface area contributed by atoms with Crippen molar-refractivity contribution in [2.75, 3.05) is 14.2 Å². The lowest BCUT2D eigenvalue weighted by molar-refractivity contribution is 0.355. The standard InChI is InChI=1S/C21H18FN3O3/c1-27-18-8-15-17(9-19(18)28-2)24-20(25-21(15)26)7-13-6-14-5-12(10-22)3-4-16(14)23-11-13/h3-6,8-9,11H,7,10H2,1-2H3,(H,24,25,26). The molecule has 0 aliphatic heterocycles. The van der Waals surface area contributed by atoms with E-state index in [-0.39, 0.29) is 5.56 Å². The van der Waals surface area contributed by atoms with Crippen LogP contribution in [-0.2, 0) is 13.1 Å². The highest BCUT2D eigenvalue weighted by Crippen LogP contribution is 2.30. The summed E-state index contributed by atoms with van der Waals surface area (Å²) in [6.45, 7) is -0.523. The fourth-order valence-corrected chi connectivity index (χ4v) is 3.20. The van der Waals surface area contributed by atoms with Gasteiger partial charge in [-0.15, -0.1) is 0 Å². The Labute approximate surface area is 160 Å². The summed E-state index contributed by atoms with van der Waals surface area (Å²) >= 11 is 0. The molecule has 0 amide bonds. The SMILES string of the molecule is COc1cc2nc(Cc3cnc4ccc(CF)cc4c3)[nH]c(=O)c2cc1OC. The lowest BCUT2D eigenvalue weighted by Crippen LogP contribution is -2.12. The Morgan fingerprint density at radius 2 is 1.75 bits per heavy atom. The molecule has 0 spiro atoms. The van der Waals surface area contributed by atoms with Crippen LogP contribution in [0.2, 0.25) is 0 Å². The summed E-state index contributed by atoms with van der Waals surface area (Å²) in [5.41, 5.74) is 2.52. The third-order valence-electron chi connectivity index (χ3n) is 4.59. The van der Waals surface area contributed by atoms with Gasteiger partial charge in [-0.1, -0.05) is 6.07 Å². The molecule has 7 heteroatoms. The van der Waals surface area contributed by atoms with Crippen molar-refractivity contribution in [3.05, 3.63) is 69.9 Å². The summed E-state index contributed by atoms with van der Waals surface area (Å²) in [6.07, 6.45) is 2.12. The number of nitrogens with one attached hydrogen (secondary N) is 1. The van der Waals surface area contributed by atoms with Crippen LogP contribution in [0.25, 0.3) is 21.8 Å². The predicted molar refractivity (Wildman–Crippen MR) is 105 cm³/mol.